The molecule has 2 heterocycles. The largest absolute Gasteiger partial charge is 0.444 e. The minimum atomic E-state index is -0.446. The van der Waals surface area contributed by atoms with Crippen LogP contribution in [0.2, 0.25) is 0 Å². The fourth-order valence-corrected chi connectivity index (χ4v) is 2.69. The molecule has 1 aromatic heterocycles. The van der Waals surface area contributed by atoms with Crippen molar-refractivity contribution in [1.29, 1.82) is 0 Å². The monoisotopic (exact) mass is 326 g/mol. The first-order valence-corrected chi connectivity index (χ1v) is 7.25. The van der Waals surface area contributed by atoms with Crippen molar-refractivity contribution in [3.8, 4) is 0 Å². The summed E-state index contributed by atoms with van der Waals surface area (Å²) >= 11 is 3.53. The number of aromatic nitrogens is 1. The van der Waals surface area contributed by atoms with Gasteiger partial charge in [0.15, 0.2) is 0 Å². The molecule has 4 nitrogen and oxygen atoms in total. The molecule has 2 rings (SSSR count). The lowest BCUT2D eigenvalue weighted by Crippen LogP contribution is -2.38. The van der Waals surface area contributed by atoms with Crippen molar-refractivity contribution >= 4 is 22.0 Å². The zero-order valence-electron chi connectivity index (χ0n) is 11.6. The molecule has 1 aliphatic heterocycles. The predicted octanol–water partition coefficient (Wildman–Crippen LogP) is 3.18. The Morgan fingerprint density at radius 2 is 2.00 bits per heavy atom. The standard InChI is InChI=1S/C14H19BrN2O2/c1-14(2,3)19-13(18)17-6-4-10-8-16-9-12(15)11(10)5-7-17/h8-9H,4-7H2,1-3H3. The van der Waals surface area contributed by atoms with E-state index in [2.05, 4.69) is 20.9 Å². The van der Waals surface area contributed by atoms with Gasteiger partial charge in [-0.15, -0.1) is 0 Å². The fourth-order valence-electron chi connectivity index (χ4n) is 2.12. The van der Waals surface area contributed by atoms with Crippen molar-refractivity contribution in [1.82, 2.24) is 9.88 Å². The van der Waals surface area contributed by atoms with Gasteiger partial charge in [-0.05, 0) is 60.7 Å². The normalized spacial score (nSPS) is 15.7. The molecule has 0 atom stereocenters. The SMILES string of the molecule is CC(C)(C)OC(=O)N1CCc2cncc(Br)c2CC1. The van der Waals surface area contributed by atoms with Crippen LogP contribution in [-0.4, -0.2) is 34.7 Å². The number of ether oxygens (including phenoxy) is 1. The van der Waals surface area contributed by atoms with E-state index < -0.39 is 5.60 Å². The molecule has 0 N–H and O–H groups in total. The molecule has 0 saturated heterocycles. The van der Waals surface area contributed by atoms with Crippen LogP contribution in [0, 0.1) is 0 Å². The summed E-state index contributed by atoms with van der Waals surface area (Å²) < 4.78 is 6.45. The van der Waals surface area contributed by atoms with Crippen LogP contribution in [0.3, 0.4) is 0 Å². The van der Waals surface area contributed by atoms with E-state index >= 15 is 0 Å². The van der Waals surface area contributed by atoms with Crippen LogP contribution in [0.4, 0.5) is 4.79 Å². The maximum Gasteiger partial charge on any atom is 0.410 e. The van der Waals surface area contributed by atoms with E-state index in [4.69, 9.17) is 4.74 Å². The van der Waals surface area contributed by atoms with Crippen LogP contribution >= 0.6 is 15.9 Å². The van der Waals surface area contributed by atoms with Crippen molar-refractivity contribution in [2.24, 2.45) is 0 Å². The molecule has 1 amide bonds. The number of carbonyl (C=O) groups excluding carboxylic acids is 1. The molecule has 0 bridgehead atoms. The van der Waals surface area contributed by atoms with Gasteiger partial charge < -0.3 is 9.64 Å². The zero-order chi connectivity index (χ0) is 14.0. The molecule has 19 heavy (non-hydrogen) atoms. The average Bonchev–Trinajstić information content (AvgIpc) is 2.50. The van der Waals surface area contributed by atoms with E-state index in [0.717, 1.165) is 17.3 Å². The van der Waals surface area contributed by atoms with Crippen LogP contribution in [-0.2, 0) is 17.6 Å². The molecule has 5 heteroatoms. The van der Waals surface area contributed by atoms with Crippen molar-refractivity contribution in [3.63, 3.8) is 0 Å². The van der Waals surface area contributed by atoms with Crippen molar-refractivity contribution in [2.45, 2.75) is 39.2 Å². The number of pyridine rings is 1. The molecule has 0 saturated carbocycles. The van der Waals surface area contributed by atoms with Crippen molar-refractivity contribution in [3.05, 3.63) is 28.0 Å². The average molecular weight is 327 g/mol. The highest BCUT2D eigenvalue weighted by Crippen LogP contribution is 2.23. The molecule has 0 radical (unpaired) electrons. The Bertz CT molecular complexity index is 483. The number of halogens is 1. The lowest BCUT2D eigenvalue weighted by atomic mass is 10.1. The summed E-state index contributed by atoms with van der Waals surface area (Å²) in [5, 5.41) is 0. The quantitative estimate of drug-likeness (QED) is 0.735. The maximum atomic E-state index is 12.1. The van der Waals surface area contributed by atoms with E-state index in [-0.39, 0.29) is 6.09 Å². The van der Waals surface area contributed by atoms with Crippen molar-refractivity contribution < 1.29 is 9.53 Å². The van der Waals surface area contributed by atoms with Gasteiger partial charge in [-0.25, -0.2) is 4.79 Å². The van der Waals surface area contributed by atoms with Gasteiger partial charge in [0, 0.05) is 30.0 Å². The van der Waals surface area contributed by atoms with Crippen LogP contribution in [0.15, 0.2) is 16.9 Å². The van der Waals surface area contributed by atoms with Crippen LogP contribution in [0.25, 0.3) is 0 Å². The summed E-state index contributed by atoms with van der Waals surface area (Å²) in [6, 6.07) is 0. The second-order valence-corrected chi connectivity index (χ2v) is 6.58. The summed E-state index contributed by atoms with van der Waals surface area (Å²) in [5.74, 6) is 0. The summed E-state index contributed by atoms with van der Waals surface area (Å²) in [6.07, 6.45) is 5.11. The molecular formula is C14H19BrN2O2. The Labute approximate surface area is 122 Å². The fraction of sp³-hybridized carbons (Fsp3) is 0.571. The Morgan fingerprint density at radius 1 is 1.32 bits per heavy atom. The number of nitrogens with zero attached hydrogens (tertiary/aromatic N) is 2. The van der Waals surface area contributed by atoms with Crippen LogP contribution in [0.5, 0.6) is 0 Å². The van der Waals surface area contributed by atoms with Gasteiger partial charge in [0.2, 0.25) is 0 Å². The first-order valence-electron chi connectivity index (χ1n) is 6.46. The first kappa shape index (κ1) is 14.3. The van der Waals surface area contributed by atoms with Gasteiger partial charge in [-0.3, -0.25) is 4.98 Å². The second-order valence-electron chi connectivity index (χ2n) is 5.73. The highest BCUT2D eigenvalue weighted by molar-refractivity contribution is 9.10. The van der Waals surface area contributed by atoms with Gasteiger partial charge in [0.05, 0.1) is 0 Å². The molecular weight excluding hydrogens is 308 g/mol. The Morgan fingerprint density at radius 3 is 2.68 bits per heavy atom. The predicted molar refractivity (Wildman–Crippen MR) is 77.2 cm³/mol. The smallest absolute Gasteiger partial charge is 0.410 e. The summed E-state index contributed by atoms with van der Waals surface area (Å²) in [4.78, 5) is 18.0. The maximum absolute atomic E-state index is 12.1. The van der Waals surface area contributed by atoms with Gasteiger partial charge in [-0.2, -0.15) is 0 Å². The third-order valence-corrected chi connectivity index (χ3v) is 3.71. The van der Waals surface area contributed by atoms with E-state index in [1.807, 2.05) is 33.2 Å². The minimum Gasteiger partial charge on any atom is -0.444 e. The second kappa shape index (κ2) is 5.49. The Kier molecular flexibility index (Phi) is 4.13. The zero-order valence-corrected chi connectivity index (χ0v) is 13.2. The molecule has 104 valence electrons. The molecule has 0 fully saturated rings. The molecule has 0 spiro atoms. The topological polar surface area (TPSA) is 42.4 Å². The number of carbonyl (C=O) groups is 1. The highest BCUT2D eigenvalue weighted by atomic mass is 79.9. The van der Waals surface area contributed by atoms with Gasteiger partial charge in [0.1, 0.15) is 5.60 Å². The number of amides is 1. The van der Waals surface area contributed by atoms with Crippen molar-refractivity contribution in [2.75, 3.05) is 13.1 Å². The Balaban J connectivity index is 2.08. The van der Waals surface area contributed by atoms with Crippen LogP contribution in [0.1, 0.15) is 31.9 Å². The Hall–Kier alpha value is -1.10. The van der Waals surface area contributed by atoms with E-state index in [9.17, 15) is 4.79 Å². The summed E-state index contributed by atoms with van der Waals surface area (Å²) in [5.41, 5.74) is 2.01. The van der Waals surface area contributed by atoms with Crippen LogP contribution < -0.4 is 0 Å². The van der Waals surface area contributed by atoms with Gasteiger partial charge >= 0.3 is 6.09 Å². The molecule has 0 aliphatic carbocycles. The third kappa shape index (κ3) is 3.69. The summed E-state index contributed by atoms with van der Waals surface area (Å²) in [7, 11) is 0. The number of fused-ring (bicyclic) bond motifs is 1. The van der Waals surface area contributed by atoms with Gasteiger partial charge in [0.25, 0.3) is 0 Å². The number of hydrogen-bond acceptors (Lipinski definition) is 3. The molecule has 0 unspecified atom stereocenters. The third-order valence-electron chi connectivity index (χ3n) is 3.03. The van der Waals surface area contributed by atoms with Gasteiger partial charge in [-0.1, -0.05) is 0 Å². The first-order chi connectivity index (χ1) is 8.87. The summed E-state index contributed by atoms with van der Waals surface area (Å²) in [6.45, 7) is 7.03. The number of hydrogen-bond donors (Lipinski definition) is 0. The molecule has 0 aromatic carbocycles. The number of rotatable bonds is 0. The highest BCUT2D eigenvalue weighted by Gasteiger charge is 2.24. The minimum absolute atomic E-state index is 0.232. The van der Waals surface area contributed by atoms with E-state index in [1.54, 1.807) is 4.90 Å². The van der Waals surface area contributed by atoms with E-state index in [0.29, 0.717) is 13.1 Å². The lowest BCUT2D eigenvalue weighted by molar-refractivity contribution is 0.0258. The molecule has 1 aromatic rings. The van der Waals surface area contributed by atoms with E-state index in [1.165, 1.54) is 11.1 Å². The lowest BCUT2D eigenvalue weighted by Gasteiger charge is -2.26. The molecule has 1 aliphatic rings.